The predicted molar refractivity (Wildman–Crippen MR) is 129 cm³/mol. The molecule has 0 aliphatic carbocycles. The molecule has 1 N–H and O–H groups in total. The largest absolute Gasteiger partial charge is 0.467 e. The first-order valence-corrected chi connectivity index (χ1v) is 12.3. The van der Waals surface area contributed by atoms with Crippen LogP contribution in [-0.4, -0.2) is 88.4 Å². The van der Waals surface area contributed by atoms with E-state index >= 15 is 0 Å². The van der Waals surface area contributed by atoms with E-state index in [4.69, 9.17) is 9.47 Å². The van der Waals surface area contributed by atoms with Crippen LogP contribution in [0.15, 0.2) is 24.4 Å². The van der Waals surface area contributed by atoms with Crippen LogP contribution >= 0.6 is 0 Å². The molecule has 1 aromatic carbocycles. The van der Waals surface area contributed by atoms with Crippen LogP contribution in [0.3, 0.4) is 0 Å². The number of hydrogen-bond donors (Lipinski definition) is 1. The first kappa shape index (κ1) is 21.8. The molecule has 3 saturated heterocycles. The molecular weight excluding hydrogens is 432 g/mol. The highest BCUT2D eigenvalue weighted by molar-refractivity contribution is 5.82. The fraction of sp³-hybridized carbons (Fsp3) is 0.560. The molecule has 5 heterocycles. The molecule has 2 aromatic heterocycles. The van der Waals surface area contributed by atoms with Crippen LogP contribution in [0.25, 0.3) is 16.7 Å². The lowest BCUT2D eigenvalue weighted by atomic mass is 9.86. The van der Waals surface area contributed by atoms with Crippen molar-refractivity contribution >= 4 is 16.7 Å². The second-order valence-electron chi connectivity index (χ2n) is 9.78. The van der Waals surface area contributed by atoms with E-state index in [9.17, 15) is 5.11 Å². The summed E-state index contributed by atoms with van der Waals surface area (Å²) in [4.78, 5) is 13.7. The summed E-state index contributed by atoms with van der Waals surface area (Å²) in [5, 5.41) is 15.5. The number of likely N-dealkylation sites (tertiary alicyclic amines) is 1. The van der Waals surface area contributed by atoms with E-state index in [0.717, 1.165) is 49.4 Å². The number of rotatable bonds is 5. The van der Waals surface area contributed by atoms with Gasteiger partial charge in [-0.25, -0.2) is 4.68 Å². The molecule has 3 aliphatic heterocycles. The molecule has 0 bridgehead atoms. The summed E-state index contributed by atoms with van der Waals surface area (Å²) in [6.45, 7) is 7.38. The molecule has 9 nitrogen and oxygen atoms in total. The van der Waals surface area contributed by atoms with Crippen molar-refractivity contribution in [3.8, 4) is 11.8 Å². The molecule has 0 radical (unpaired) electrons. The Morgan fingerprint density at radius 2 is 1.85 bits per heavy atom. The van der Waals surface area contributed by atoms with Gasteiger partial charge in [0, 0.05) is 37.2 Å². The standard InChI is InChI=1S/C25H32N6O3/c1-16-9-18-12-26-31(24-11-23(27-25(28-24)33-2)30-13-20(32)14-30)22(18)10-21(16)17-3-6-29(7-4-17)19-5-8-34-15-19/h9-12,17,19-20,32H,3-8,13-15H2,1-2H3. The van der Waals surface area contributed by atoms with Crippen LogP contribution in [0, 0.1) is 6.92 Å². The van der Waals surface area contributed by atoms with Gasteiger partial charge in [0.2, 0.25) is 0 Å². The Balaban J connectivity index is 1.30. The van der Waals surface area contributed by atoms with Crippen LogP contribution in [0.2, 0.25) is 0 Å². The number of benzene rings is 1. The Kier molecular flexibility index (Phi) is 5.63. The number of aryl methyl sites for hydroxylation is 1. The van der Waals surface area contributed by atoms with Crippen molar-refractivity contribution in [2.75, 3.05) is 51.4 Å². The van der Waals surface area contributed by atoms with Crippen LogP contribution in [0.4, 0.5) is 5.82 Å². The third-order valence-electron chi connectivity index (χ3n) is 7.61. The summed E-state index contributed by atoms with van der Waals surface area (Å²) < 4.78 is 12.9. The summed E-state index contributed by atoms with van der Waals surface area (Å²) >= 11 is 0. The highest BCUT2D eigenvalue weighted by Crippen LogP contribution is 2.35. The van der Waals surface area contributed by atoms with Crippen molar-refractivity contribution in [2.45, 2.75) is 44.2 Å². The van der Waals surface area contributed by atoms with E-state index in [1.165, 1.54) is 24.0 Å². The molecule has 6 rings (SSSR count). The number of aliphatic hydroxyl groups excluding tert-OH is 1. The molecule has 34 heavy (non-hydrogen) atoms. The van der Waals surface area contributed by atoms with Gasteiger partial charge >= 0.3 is 6.01 Å². The maximum Gasteiger partial charge on any atom is 0.320 e. The first-order valence-electron chi connectivity index (χ1n) is 12.3. The Morgan fingerprint density at radius 3 is 2.56 bits per heavy atom. The van der Waals surface area contributed by atoms with Gasteiger partial charge < -0.3 is 19.5 Å². The predicted octanol–water partition coefficient (Wildman–Crippen LogP) is 2.28. The minimum Gasteiger partial charge on any atom is -0.467 e. The van der Waals surface area contributed by atoms with Gasteiger partial charge in [0.05, 0.1) is 31.5 Å². The maximum absolute atomic E-state index is 9.72. The van der Waals surface area contributed by atoms with Gasteiger partial charge in [-0.15, -0.1) is 0 Å². The molecule has 3 aromatic rings. The lowest BCUT2D eigenvalue weighted by Gasteiger charge is -2.36. The average molecular weight is 465 g/mol. The number of nitrogens with zero attached hydrogens (tertiary/aromatic N) is 6. The van der Waals surface area contributed by atoms with Crippen molar-refractivity contribution < 1.29 is 14.6 Å². The monoisotopic (exact) mass is 464 g/mol. The number of piperidine rings is 1. The van der Waals surface area contributed by atoms with E-state index < -0.39 is 0 Å². The minimum atomic E-state index is -0.312. The van der Waals surface area contributed by atoms with Crippen molar-refractivity contribution in [1.82, 2.24) is 24.6 Å². The van der Waals surface area contributed by atoms with Gasteiger partial charge in [0.15, 0.2) is 5.82 Å². The summed E-state index contributed by atoms with van der Waals surface area (Å²) in [7, 11) is 1.57. The van der Waals surface area contributed by atoms with Crippen LogP contribution < -0.4 is 9.64 Å². The molecule has 0 saturated carbocycles. The van der Waals surface area contributed by atoms with Gasteiger partial charge in [-0.3, -0.25) is 4.90 Å². The number of aromatic nitrogens is 4. The number of fused-ring (bicyclic) bond motifs is 1. The van der Waals surface area contributed by atoms with Gasteiger partial charge in [0.1, 0.15) is 5.82 Å². The van der Waals surface area contributed by atoms with Crippen LogP contribution in [0.1, 0.15) is 36.3 Å². The molecule has 0 spiro atoms. The van der Waals surface area contributed by atoms with Crippen LogP contribution in [-0.2, 0) is 4.74 Å². The van der Waals surface area contributed by atoms with Gasteiger partial charge in [-0.1, -0.05) is 0 Å². The zero-order chi connectivity index (χ0) is 23.2. The highest BCUT2D eigenvalue weighted by atomic mass is 16.5. The third kappa shape index (κ3) is 3.91. The van der Waals surface area contributed by atoms with Gasteiger partial charge in [-0.05, 0) is 68.5 Å². The Labute approximate surface area is 199 Å². The SMILES string of the molecule is COc1nc(N2CC(O)C2)cc(-n2ncc3cc(C)c(C4CCN(C5CCOC5)CC4)cc32)n1. The van der Waals surface area contributed by atoms with E-state index in [2.05, 4.69) is 39.0 Å². The van der Waals surface area contributed by atoms with Crippen molar-refractivity contribution in [1.29, 1.82) is 0 Å². The van der Waals surface area contributed by atoms with E-state index in [-0.39, 0.29) is 6.10 Å². The molecule has 1 atom stereocenters. The Morgan fingerprint density at radius 1 is 1.06 bits per heavy atom. The zero-order valence-corrected chi connectivity index (χ0v) is 19.9. The number of hydrogen-bond acceptors (Lipinski definition) is 8. The van der Waals surface area contributed by atoms with E-state index in [1.807, 2.05) is 21.8 Å². The normalized spacial score (nSPS) is 22.4. The summed E-state index contributed by atoms with van der Waals surface area (Å²) in [6, 6.07) is 7.37. The highest BCUT2D eigenvalue weighted by Gasteiger charge is 2.30. The van der Waals surface area contributed by atoms with Crippen LogP contribution in [0.5, 0.6) is 6.01 Å². The molecule has 1 unspecified atom stereocenters. The summed E-state index contributed by atoms with van der Waals surface area (Å²) in [6.07, 6.45) is 5.08. The Bertz CT molecular complexity index is 1180. The molecular formula is C25H32N6O3. The van der Waals surface area contributed by atoms with Crippen molar-refractivity contribution in [2.24, 2.45) is 0 Å². The van der Waals surface area contributed by atoms with Gasteiger partial charge in [0.25, 0.3) is 0 Å². The summed E-state index contributed by atoms with van der Waals surface area (Å²) in [5.41, 5.74) is 3.77. The lowest BCUT2D eigenvalue weighted by molar-refractivity contribution is 0.122. The third-order valence-corrected chi connectivity index (χ3v) is 7.61. The van der Waals surface area contributed by atoms with Crippen molar-refractivity contribution in [3.63, 3.8) is 0 Å². The smallest absolute Gasteiger partial charge is 0.320 e. The molecule has 180 valence electrons. The quantitative estimate of drug-likeness (QED) is 0.615. The minimum absolute atomic E-state index is 0.299. The van der Waals surface area contributed by atoms with E-state index in [1.54, 1.807) is 7.11 Å². The number of ether oxygens (including phenoxy) is 2. The first-order chi connectivity index (χ1) is 16.6. The fourth-order valence-corrected chi connectivity index (χ4v) is 5.62. The average Bonchev–Trinajstić information content (AvgIpc) is 3.51. The number of methoxy groups -OCH3 is 1. The van der Waals surface area contributed by atoms with Gasteiger partial charge in [-0.2, -0.15) is 15.1 Å². The molecule has 3 fully saturated rings. The molecule has 0 amide bonds. The molecule has 3 aliphatic rings. The topological polar surface area (TPSA) is 88.8 Å². The van der Waals surface area contributed by atoms with E-state index in [0.29, 0.717) is 36.9 Å². The molecule has 9 heteroatoms. The summed E-state index contributed by atoms with van der Waals surface area (Å²) in [5.74, 6) is 1.96. The zero-order valence-electron chi connectivity index (χ0n) is 19.9. The lowest BCUT2D eigenvalue weighted by Crippen LogP contribution is -2.51. The van der Waals surface area contributed by atoms with Crippen molar-refractivity contribution in [3.05, 3.63) is 35.5 Å². The second kappa shape index (κ2) is 8.79. The number of anilines is 1. The fourth-order valence-electron chi connectivity index (χ4n) is 5.62. The Hall–Kier alpha value is -2.75. The second-order valence-corrected chi connectivity index (χ2v) is 9.78. The number of β-amino-alcohol motifs (C(OH)–C–C–N with tert-alkyl or cyclic N) is 1. The number of aliphatic hydroxyl groups is 1. The maximum atomic E-state index is 9.72.